The Kier molecular flexibility index (Phi) is 3.81. The second-order valence-electron chi connectivity index (χ2n) is 3.73. The lowest BCUT2D eigenvalue weighted by molar-refractivity contribution is 0.102. The van der Waals surface area contributed by atoms with Gasteiger partial charge in [-0.2, -0.15) is 0 Å². The molecule has 0 aliphatic heterocycles. The van der Waals surface area contributed by atoms with Crippen LogP contribution < -0.4 is 11.1 Å². The van der Waals surface area contributed by atoms with E-state index >= 15 is 0 Å². The van der Waals surface area contributed by atoms with Crippen molar-refractivity contribution in [1.82, 2.24) is 0 Å². The van der Waals surface area contributed by atoms with E-state index in [2.05, 4.69) is 27.9 Å². The fraction of sp³-hybridized carbons (Fsp3) is 0. The van der Waals surface area contributed by atoms with Crippen molar-refractivity contribution in [1.29, 1.82) is 0 Å². The first-order valence-electron chi connectivity index (χ1n) is 5.17. The lowest BCUT2D eigenvalue weighted by atomic mass is 10.2. The highest BCUT2D eigenvalue weighted by Gasteiger charge is 2.08. The van der Waals surface area contributed by atoms with Crippen LogP contribution in [0.15, 0.2) is 42.5 Å². The average Bonchev–Trinajstić information content (AvgIpc) is 2.31. The van der Waals surface area contributed by atoms with E-state index in [1.165, 1.54) is 12.1 Å². The summed E-state index contributed by atoms with van der Waals surface area (Å²) < 4.78 is 14.2. The Balaban J connectivity index is 2.19. The van der Waals surface area contributed by atoms with Gasteiger partial charge in [0, 0.05) is 20.5 Å². The van der Waals surface area contributed by atoms with Gasteiger partial charge in [0.2, 0.25) is 0 Å². The smallest absolute Gasteiger partial charge is 0.255 e. The van der Waals surface area contributed by atoms with Gasteiger partial charge in [0.1, 0.15) is 5.82 Å². The van der Waals surface area contributed by atoms with Crippen LogP contribution in [0.1, 0.15) is 10.4 Å². The molecule has 18 heavy (non-hydrogen) atoms. The summed E-state index contributed by atoms with van der Waals surface area (Å²) in [4.78, 5) is 11.9. The largest absolute Gasteiger partial charge is 0.399 e. The third kappa shape index (κ3) is 3.19. The molecule has 1 amide bonds. The molecule has 5 heteroatoms. The molecular weight excluding hydrogens is 346 g/mol. The summed E-state index contributed by atoms with van der Waals surface area (Å²) in [6.07, 6.45) is 0. The van der Waals surface area contributed by atoms with E-state index in [0.29, 0.717) is 5.69 Å². The van der Waals surface area contributed by atoms with Crippen molar-refractivity contribution in [3.8, 4) is 0 Å². The highest BCUT2D eigenvalue weighted by molar-refractivity contribution is 14.1. The molecule has 2 rings (SSSR count). The molecule has 0 saturated carbocycles. The van der Waals surface area contributed by atoms with Crippen LogP contribution in [0.4, 0.5) is 15.8 Å². The van der Waals surface area contributed by atoms with Crippen LogP contribution in [0, 0.1) is 9.39 Å². The summed E-state index contributed by atoms with van der Waals surface area (Å²) in [5, 5.41) is 2.68. The molecule has 0 aliphatic rings. The lowest BCUT2D eigenvalue weighted by Gasteiger charge is -2.06. The molecule has 0 atom stereocenters. The second-order valence-corrected chi connectivity index (χ2v) is 4.98. The van der Waals surface area contributed by atoms with Gasteiger partial charge in [0.05, 0.1) is 0 Å². The topological polar surface area (TPSA) is 55.1 Å². The summed E-state index contributed by atoms with van der Waals surface area (Å²) >= 11 is 2.17. The first-order valence-corrected chi connectivity index (χ1v) is 6.25. The molecule has 0 aliphatic carbocycles. The Labute approximate surface area is 117 Å². The summed E-state index contributed by atoms with van der Waals surface area (Å²) in [6, 6.07) is 11.1. The lowest BCUT2D eigenvalue weighted by Crippen LogP contribution is -2.12. The third-order valence-electron chi connectivity index (χ3n) is 2.28. The van der Waals surface area contributed by atoms with Gasteiger partial charge in [0.25, 0.3) is 5.91 Å². The fourth-order valence-electron chi connectivity index (χ4n) is 1.48. The number of nitrogen functional groups attached to an aromatic ring is 1. The molecular formula is C13H10FIN2O. The van der Waals surface area contributed by atoms with Crippen molar-refractivity contribution in [2.75, 3.05) is 11.1 Å². The van der Waals surface area contributed by atoms with Gasteiger partial charge in [-0.25, -0.2) is 4.39 Å². The number of rotatable bonds is 2. The minimum atomic E-state index is -0.525. The highest BCUT2D eigenvalue weighted by Crippen LogP contribution is 2.15. The molecule has 0 heterocycles. The predicted molar refractivity (Wildman–Crippen MR) is 77.9 cm³/mol. The normalized spacial score (nSPS) is 10.1. The predicted octanol–water partition coefficient (Wildman–Crippen LogP) is 3.26. The van der Waals surface area contributed by atoms with Gasteiger partial charge in [0.15, 0.2) is 0 Å². The number of halogens is 2. The quantitative estimate of drug-likeness (QED) is 0.641. The molecule has 3 nitrogen and oxygen atoms in total. The maximum Gasteiger partial charge on any atom is 0.255 e. The molecule has 0 fully saturated rings. The summed E-state index contributed by atoms with van der Waals surface area (Å²) in [6.45, 7) is 0. The fourth-order valence-corrected chi connectivity index (χ4v) is 1.84. The summed E-state index contributed by atoms with van der Waals surface area (Å²) in [5.41, 5.74) is 6.57. The number of nitrogens with one attached hydrogen (secondary N) is 1. The van der Waals surface area contributed by atoms with Crippen LogP contribution in [-0.2, 0) is 0 Å². The van der Waals surface area contributed by atoms with Gasteiger partial charge in [-0.1, -0.05) is 0 Å². The number of benzene rings is 2. The van der Waals surface area contributed by atoms with E-state index in [4.69, 9.17) is 5.73 Å². The maximum absolute atomic E-state index is 13.1. The minimum absolute atomic E-state index is 0.200. The monoisotopic (exact) mass is 356 g/mol. The number of carbonyl (C=O) groups is 1. The van der Waals surface area contributed by atoms with Gasteiger partial charge in [-0.3, -0.25) is 4.79 Å². The van der Waals surface area contributed by atoms with E-state index in [-0.39, 0.29) is 17.2 Å². The first-order chi connectivity index (χ1) is 8.54. The Bertz CT molecular complexity index is 564. The van der Waals surface area contributed by atoms with E-state index in [0.717, 1.165) is 9.64 Å². The van der Waals surface area contributed by atoms with Crippen molar-refractivity contribution in [2.45, 2.75) is 0 Å². The molecule has 0 aromatic heterocycles. The Hall–Kier alpha value is -1.63. The molecule has 2 aromatic rings. The van der Waals surface area contributed by atoms with E-state index in [1.807, 2.05) is 12.1 Å². The van der Waals surface area contributed by atoms with Crippen LogP contribution in [0.3, 0.4) is 0 Å². The standard InChI is InChI=1S/C13H10FIN2O/c14-9-5-8(6-11(16)7-9)13(18)17-12-3-1-10(15)2-4-12/h1-7H,16H2,(H,17,18). The zero-order valence-corrected chi connectivity index (χ0v) is 11.4. The highest BCUT2D eigenvalue weighted by atomic mass is 127. The zero-order valence-electron chi connectivity index (χ0n) is 9.28. The SMILES string of the molecule is Nc1cc(F)cc(C(=O)Nc2ccc(I)cc2)c1. The molecule has 0 unspecified atom stereocenters. The van der Waals surface area contributed by atoms with Gasteiger partial charge in [-0.15, -0.1) is 0 Å². The number of anilines is 2. The number of carbonyl (C=O) groups excluding carboxylic acids is 1. The molecule has 0 radical (unpaired) electrons. The van der Waals surface area contributed by atoms with E-state index in [9.17, 15) is 9.18 Å². The van der Waals surface area contributed by atoms with Crippen LogP contribution in [0.2, 0.25) is 0 Å². The second kappa shape index (κ2) is 5.34. The van der Waals surface area contributed by atoms with Crippen molar-refractivity contribution in [3.63, 3.8) is 0 Å². The van der Waals surface area contributed by atoms with Gasteiger partial charge in [-0.05, 0) is 65.1 Å². The van der Waals surface area contributed by atoms with Crippen molar-refractivity contribution in [2.24, 2.45) is 0 Å². The van der Waals surface area contributed by atoms with E-state index < -0.39 is 5.82 Å². The molecule has 0 saturated heterocycles. The molecule has 2 aromatic carbocycles. The zero-order chi connectivity index (χ0) is 13.1. The van der Waals surface area contributed by atoms with Crippen LogP contribution >= 0.6 is 22.6 Å². The maximum atomic E-state index is 13.1. The van der Waals surface area contributed by atoms with Crippen LogP contribution in [0.25, 0.3) is 0 Å². The molecule has 92 valence electrons. The molecule has 0 bridgehead atoms. The Morgan fingerprint density at radius 1 is 1.17 bits per heavy atom. The summed E-state index contributed by atoms with van der Waals surface area (Å²) in [5.74, 6) is -0.912. The Morgan fingerprint density at radius 3 is 2.44 bits per heavy atom. The van der Waals surface area contributed by atoms with Gasteiger partial charge < -0.3 is 11.1 Å². The number of hydrogen-bond donors (Lipinski definition) is 2. The number of nitrogens with two attached hydrogens (primary N) is 1. The average molecular weight is 356 g/mol. The third-order valence-corrected chi connectivity index (χ3v) is 3.00. The van der Waals surface area contributed by atoms with Crippen LogP contribution in [-0.4, -0.2) is 5.91 Å². The first kappa shape index (κ1) is 12.8. The van der Waals surface area contributed by atoms with Crippen molar-refractivity contribution >= 4 is 39.9 Å². The number of hydrogen-bond acceptors (Lipinski definition) is 2. The van der Waals surface area contributed by atoms with E-state index in [1.54, 1.807) is 12.1 Å². The molecule has 3 N–H and O–H groups in total. The van der Waals surface area contributed by atoms with Crippen molar-refractivity contribution in [3.05, 3.63) is 57.4 Å². The van der Waals surface area contributed by atoms with Crippen molar-refractivity contribution < 1.29 is 9.18 Å². The summed E-state index contributed by atoms with van der Waals surface area (Å²) in [7, 11) is 0. The Morgan fingerprint density at radius 2 is 1.83 bits per heavy atom. The van der Waals surface area contributed by atoms with Gasteiger partial charge >= 0.3 is 0 Å². The molecule has 0 spiro atoms. The minimum Gasteiger partial charge on any atom is -0.399 e. The number of amides is 1. The van der Waals surface area contributed by atoms with Crippen LogP contribution in [0.5, 0.6) is 0 Å².